The first-order chi connectivity index (χ1) is 14.0. The number of ether oxygens (including phenoxy) is 1. The van der Waals surface area contributed by atoms with Crippen LogP contribution in [0.5, 0.6) is 5.75 Å². The number of nitrogens with zero attached hydrogens (tertiary/aromatic N) is 1. The Kier molecular flexibility index (Phi) is 11.8. The van der Waals surface area contributed by atoms with Crippen molar-refractivity contribution in [1.82, 2.24) is 10.6 Å². The maximum Gasteiger partial charge on any atom is 0.221 e. The highest BCUT2D eigenvalue weighted by molar-refractivity contribution is 14.0. The fraction of sp³-hybridized carbons (Fsp3) is 0.364. The lowest BCUT2D eigenvalue weighted by atomic mass is 10.2. The third-order valence-corrected chi connectivity index (χ3v) is 4.06. The van der Waals surface area contributed by atoms with Crippen molar-refractivity contribution in [2.75, 3.05) is 18.4 Å². The standard InChI is InChI=1S/C22H29FN4O2.HI/c1-4-20(29-21-11-7-9-18(23)13-21)15-26-22(24-5-2)25-14-17-8-6-10-19(12-17)27-16(3)28;/h6-13,20H,4-5,14-15H2,1-3H3,(H,27,28)(H2,24,25,26);1H. The summed E-state index contributed by atoms with van der Waals surface area (Å²) in [5.41, 5.74) is 1.73. The summed E-state index contributed by atoms with van der Waals surface area (Å²) in [6.07, 6.45) is 0.644. The van der Waals surface area contributed by atoms with Gasteiger partial charge >= 0.3 is 0 Å². The number of carbonyl (C=O) groups is 1. The molecule has 30 heavy (non-hydrogen) atoms. The first-order valence-corrected chi connectivity index (χ1v) is 9.81. The molecule has 8 heteroatoms. The summed E-state index contributed by atoms with van der Waals surface area (Å²) in [5, 5.41) is 9.25. The lowest BCUT2D eigenvalue weighted by molar-refractivity contribution is -0.114. The van der Waals surface area contributed by atoms with Gasteiger partial charge in [-0.1, -0.05) is 25.1 Å². The number of rotatable bonds is 9. The van der Waals surface area contributed by atoms with Crippen molar-refractivity contribution < 1.29 is 13.9 Å². The Balaban J connectivity index is 0.00000450. The number of hydrogen-bond acceptors (Lipinski definition) is 3. The second-order valence-corrected chi connectivity index (χ2v) is 6.56. The summed E-state index contributed by atoms with van der Waals surface area (Å²) >= 11 is 0. The Morgan fingerprint density at radius 2 is 1.90 bits per heavy atom. The van der Waals surface area contributed by atoms with Gasteiger partial charge in [-0.25, -0.2) is 9.38 Å². The van der Waals surface area contributed by atoms with E-state index in [0.29, 0.717) is 24.8 Å². The minimum atomic E-state index is -0.318. The van der Waals surface area contributed by atoms with Crippen molar-refractivity contribution in [3.63, 3.8) is 0 Å². The highest BCUT2D eigenvalue weighted by atomic mass is 127. The molecule has 0 bridgehead atoms. The van der Waals surface area contributed by atoms with Gasteiger partial charge in [0.15, 0.2) is 5.96 Å². The molecule has 1 unspecified atom stereocenters. The monoisotopic (exact) mass is 528 g/mol. The van der Waals surface area contributed by atoms with Gasteiger partial charge in [0.05, 0.1) is 13.1 Å². The van der Waals surface area contributed by atoms with Gasteiger partial charge in [-0.05, 0) is 43.2 Å². The maximum atomic E-state index is 13.3. The molecule has 164 valence electrons. The molecule has 0 aliphatic carbocycles. The molecule has 0 aromatic heterocycles. The summed E-state index contributed by atoms with van der Waals surface area (Å²) in [6, 6.07) is 13.7. The Morgan fingerprint density at radius 1 is 1.13 bits per heavy atom. The van der Waals surface area contributed by atoms with E-state index in [0.717, 1.165) is 24.2 Å². The zero-order chi connectivity index (χ0) is 21.1. The molecule has 1 atom stereocenters. The lowest BCUT2D eigenvalue weighted by Gasteiger charge is -2.20. The Morgan fingerprint density at radius 3 is 2.57 bits per heavy atom. The van der Waals surface area contributed by atoms with Crippen LogP contribution in [0.1, 0.15) is 32.8 Å². The second-order valence-electron chi connectivity index (χ2n) is 6.56. The number of halogens is 2. The molecule has 1 amide bonds. The number of hydrogen-bond donors (Lipinski definition) is 3. The predicted molar refractivity (Wildman–Crippen MR) is 130 cm³/mol. The fourth-order valence-corrected chi connectivity index (χ4v) is 2.68. The van der Waals surface area contributed by atoms with E-state index in [2.05, 4.69) is 20.9 Å². The van der Waals surface area contributed by atoms with Crippen LogP contribution < -0.4 is 20.7 Å². The van der Waals surface area contributed by atoms with E-state index in [1.165, 1.54) is 19.1 Å². The lowest BCUT2D eigenvalue weighted by Crippen LogP contribution is -2.42. The number of nitrogens with one attached hydrogen (secondary N) is 3. The van der Waals surface area contributed by atoms with Crippen molar-refractivity contribution in [3.8, 4) is 5.75 Å². The topological polar surface area (TPSA) is 74.8 Å². The molecule has 0 aliphatic rings. The highest BCUT2D eigenvalue weighted by Crippen LogP contribution is 2.15. The van der Waals surface area contributed by atoms with Crippen LogP contribution in [0.2, 0.25) is 0 Å². The number of benzene rings is 2. The summed E-state index contributed by atoms with van der Waals surface area (Å²) in [5.74, 6) is 0.750. The van der Waals surface area contributed by atoms with Crippen molar-refractivity contribution >= 4 is 41.5 Å². The molecule has 2 aromatic rings. The largest absolute Gasteiger partial charge is 0.489 e. The van der Waals surface area contributed by atoms with E-state index in [1.54, 1.807) is 12.1 Å². The fourth-order valence-electron chi connectivity index (χ4n) is 2.68. The van der Waals surface area contributed by atoms with Crippen LogP contribution in [-0.4, -0.2) is 31.1 Å². The van der Waals surface area contributed by atoms with Crippen LogP contribution in [0.4, 0.5) is 10.1 Å². The first-order valence-electron chi connectivity index (χ1n) is 9.81. The molecule has 0 saturated heterocycles. The zero-order valence-corrected chi connectivity index (χ0v) is 19.9. The molecule has 2 rings (SSSR count). The SMILES string of the molecule is CCNC(=NCc1cccc(NC(C)=O)c1)NCC(CC)Oc1cccc(F)c1.I. The van der Waals surface area contributed by atoms with Gasteiger partial charge in [0.1, 0.15) is 17.7 Å². The molecular weight excluding hydrogens is 498 g/mol. The normalized spacial score (nSPS) is 11.8. The van der Waals surface area contributed by atoms with Crippen molar-refractivity contribution in [1.29, 1.82) is 0 Å². The highest BCUT2D eigenvalue weighted by Gasteiger charge is 2.10. The van der Waals surface area contributed by atoms with Crippen LogP contribution >= 0.6 is 24.0 Å². The number of amides is 1. The van der Waals surface area contributed by atoms with Crippen LogP contribution in [0, 0.1) is 5.82 Å². The van der Waals surface area contributed by atoms with E-state index in [9.17, 15) is 9.18 Å². The van der Waals surface area contributed by atoms with E-state index >= 15 is 0 Å². The molecule has 0 heterocycles. The van der Waals surface area contributed by atoms with E-state index in [-0.39, 0.29) is 41.8 Å². The molecule has 2 aromatic carbocycles. The van der Waals surface area contributed by atoms with Crippen molar-refractivity contribution in [3.05, 3.63) is 59.9 Å². The number of carbonyl (C=O) groups excluding carboxylic acids is 1. The first kappa shape index (κ1) is 25.7. The Bertz CT molecular complexity index is 832. The maximum absolute atomic E-state index is 13.3. The summed E-state index contributed by atoms with van der Waals surface area (Å²) < 4.78 is 19.2. The molecule has 0 saturated carbocycles. The van der Waals surface area contributed by atoms with Gasteiger partial charge in [-0.2, -0.15) is 0 Å². The zero-order valence-electron chi connectivity index (χ0n) is 17.6. The summed E-state index contributed by atoms with van der Waals surface area (Å²) in [6.45, 7) is 7.21. The minimum Gasteiger partial charge on any atom is -0.489 e. The molecule has 0 spiro atoms. The quantitative estimate of drug-likeness (QED) is 0.258. The third-order valence-electron chi connectivity index (χ3n) is 4.06. The Hall–Kier alpha value is -2.36. The van der Waals surface area contributed by atoms with Gasteiger partial charge in [0.2, 0.25) is 5.91 Å². The average Bonchev–Trinajstić information content (AvgIpc) is 2.69. The predicted octanol–water partition coefficient (Wildman–Crippen LogP) is 4.31. The smallest absolute Gasteiger partial charge is 0.221 e. The van der Waals surface area contributed by atoms with Gasteiger partial charge < -0.3 is 20.7 Å². The molecule has 6 nitrogen and oxygen atoms in total. The molecule has 0 fully saturated rings. The molecule has 0 aliphatic heterocycles. The summed E-state index contributed by atoms with van der Waals surface area (Å²) in [7, 11) is 0. The van der Waals surface area contributed by atoms with E-state index in [1.807, 2.05) is 38.1 Å². The summed E-state index contributed by atoms with van der Waals surface area (Å²) in [4.78, 5) is 15.8. The molecule has 0 radical (unpaired) electrons. The number of aliphatic imine (C=N–C) groups is 1. The van der Waals surface area contributed by atoms with Crippen molar-refractivity contribution in [2.45, 2.75) is 39.8 Å². The van der Waals surface area contributed by atoms with Crippen molar-refractivity contribution in [2.24, 2.45) is 4.99 Å². The number of guanidine groups is 1. The Labute approximate surface area is 194 Å². The van der Waals surface area contributed by atoms with Gasteiger partial charge in [0, 0.05) is 25.2 Å². The van der Waals surface area contributed by atoms with E-state index < -0.39 is 0 Å². The average molecular weight is 528 g/mol. The van der Waals surface area contributed by atoms with Crippen LogP contribution in [-0.2, 0) is 11.3 Å². The van der Waals surface area contributed by atoms with Crippen LogP contribution in [0.15, 0.2) is 53.5 Å². The van der Waals surface area contributed by atoms with Crippen LogP contribution in [0.3, 0.4) is 0 Å². The minimum absolute atomic E-state index is 0. The van der Waals surface area contributed by atoms with Crippen LogP contribution in [0.25, 0.3) is 0 Å². The molecular formula is C22H30FIN4O2. The van der Waals surface area contributed by atoms with Gasteiger partial charge in [-0.3, -0.25) is 4.79 Å². The van der Waals surface area contributed by atoms with Gasteiger partial charge in [-0.15, -0.1) is 24.0 Å². The van der Waals surface area contributed by atoms with Gasteiger partial charge in [0.25, 0.3) is 0 Å². The number of anilines is 1. The molecule has 3 N–H and O–H groups in total. The second kappa shape index (κ2) is 13.8. The van der Waals surface area contributed by atoms with E-state index in [4.69, 9.17) is 4.74 Å². The third kappa shape index (κ3) is 9.43.